The van der Waals surface area contributed by atoms with E-state index in [1.54, 1.807) is 4.90 Å². The van der Waals surface area contributed by atoms with Gasteiger partial charge >= 0.3 is 35.5 Å². The van der Waals surface area contributed by atoms with E-state index in [4.69, 9.17) is 5.11 Å². The molecule has 2 rings (SSSR count). The Morgan fingerprint density at radius 2 is 2.06 bits per heavy atom. The third-order valence-corrected chi connectivity index (χ3v) is 2.70. The molecule has 0 atom stereocenters. The average molecular weight is 248 g/mol. The maximum atomic E-state index is 11.4. The topological polar surface area (TPSA) is 86.7 Å². The number of rotatable bonds is 3. The Hall–Kier alpha value is -0.850. The first-order chi connectivity index (χ1) is 7.61. The van der Waals surface area contributed by atoms with Crippen LogP contribution in [0.3, 0.4) is 0 Å². The first-order valence-electron chi connectivity index (χ1n) is 5.15. The van der Waals surface area contributed by atoms with E-state index in [2.05, 4.69) is 5.32 Å². The van der Waals surface area contributed by atoms with Gasteiger partial charge in [-0.15, -0.1) is 0 Å². The minimum absolute atomic E-state index is 0. The summed E-state index contributed by atoms with van der Waals surface area (Å²) >= 11 is 0. The number of aliphatic carboxylic acids is 1. The number of carboxylic acids is 1. The summed E-state index contributed by atoms with van der Waals surface area (Å²) in [7, 11) is 0. The summed E-state index contributed by atoms with van der Waals surface area (Å²) in [4.78, 5) is 34.7. The summed E-state index contributed by atoms with van der Waals surface area (Å²) in [6.45, 7) is 1.52. The molecule has 0 spiro atoms. The quantitative estimate of drug-likeness (QED) is 0.512. The summed E-state index contributed by atoms with van der Waals surface area (Å²) in [5, 5.41) is 11.5. The number of nitrogens with zero attached hydrogens (tertiary/aromatic N) is 1. The van der Waals surface area contributed by atoms with Crippen LogP contribution in [0.4, 0.5) is 11.4 Å². The van der Waals surface area contributed by atoms with Crippen LogP contribution in [0.25, 0.3) is 0 Å². The van der Waals surface area contributed by atoms with Gasteiger partial charge in [0.25, 0.3) is 10.9 Å². The molecule has 0 amide bonds. The van der Waals surface area contributed by atoms with E-state index < -0.39 is 16.8 Å². The van der Waals surface area contributed by atoms with E-state index in [0.29, 0.717) is 24.5 Å². The second-order valence-corrected chi connectivity index (χ2v) is 3.79. The molecule has 7 heteroatoms. The van der Waals surface area contributed by atoms with Gasteiger partial charge in [0.05, 0.1) is 6.42 Å². The predicted octanol–water partition coefficient (Wildman–Crippen LogP) is -1.27. The predicted molar refractivity (Wildman–Crippen MR) is 66.1 cm³/mol. The number of hydrogen-bond acceptors (Lipinski definition) is 5. The van der Waals surface area contributed by atoms with Crippen molar-refractivity contribution < 1.29 is 9.90 Å². The van der Waals surface area contributed by atoms with Crippen LogP contribution in [-0.2, 0) is 4.79 Å². The molecule has 0 bridgehead atoms. The van der Waals surface area contributed by atoms with Crippen molar-refractivity contribution in [1.29, 1.82) is 0 Å². The molecule has 0 fully saturated rings. The second-order valence-electron chi connectivity index (χ2n) is 3.79. The van der Waals surface area contributed by atoms with Crippen molar-refractivity contribution in [1.82, 2.24) is 0 Å². The Labute approximate surface area is 120 Å². The van der Waals surface area contributed by atoms with Crippen LogP contribution < -0.4 is 21.1 Å². The standard InChI is InChI=1S/C10H12N2O4.Na.H/c13-6(14)2-5-12-4-1-3-11-7-8(12)10(16)9(7)15;;/h11H,1-5H2,(H,13,14);;. The maximum absolute atomic E-state index is 11.4. The molecule has 6 nitrogen and oxygen atoms in total. The fourth-order valence-electron chi connectivity index (χ4n) is 1.89. The number of nitrogens with one attached hydrogen (secondary N) is 1. The molecule has 88 valence electrons. The van der Waals surface area contributed by atoms with Gasteiger partial charge in [-0.25, -0.2) is 0 Å². The minimum atomic E-state index is -0.905. The Kier molecular flexibility index (Phi) is 4.73. The molecule has 0 unspecified atom stereocenters. The summed E-state index contributed by atoms with van der Waals surface area (Å²) in [5.74, 6) is -0.905. The molecule has 1 aliphatic rings. The van der Waals surface area contributed by atoms with Crippen LogP contribution in [0.2, 0.25) is 0 Å². The van der Waals surface area contributed by atoms with Crippen LogP contribution in [-0.4, -0.2) is 60.3 Å². The Morgan fingerprint density at radius 1 is 1.35 bits per heavy atom. The average Bonchev–Trinajstić information content (AvgIpc) is 2.45. The van der Waals surface area contributed by atoms with Crippen molar-refractivity contribution in [2.24, 2.45) is 0 Å². The van der Waals surface area contributed by atoms with Gasteiger partial charge in [0, 0.05) is 19.6 Å². The third kappa shape index (κ3) is 2.70. The van der Waals surface area contributed by atoms with Gasteiger partial charge in [-0.05, 0) is 6.42 Å². The van der Waals surface area contributed by atoms with Crippen LogP contribution in [0.5, 0.6) is 0 Å². The van der Waals surface area contributed by atoms with Crippen molar-refractivity contribution in [3.05, 3.63) is 20.4 Å². The fourth-order valence-corrected chi connectivity index (χ4v) is 1.89. The molecular weight excluding hydrogens is 235 g/mol. The van der Waals surface area contributed by atoms with Crippen molar-refractivity contribution >= 4 is 46.9 Å². The number of carbonyl (C=O) groups is 1. The van der Waals surface area contributed by atoms with Crippen molar-refractivity contribution in [2.75, 3.05) is 29.9 Å². The number of carboxylic acid groups (broad SMARTS) is 1. The fraction of sp³-hybridized carbons (Fsp3) is 0.500. The van der Waals surface area contributed by atoms with Gasteiger partial charge in [-0.1, -0.05) is 0 Å². The van der Waals surface area contributed by atoms with Gasteiger partial charge in [0.15, 0.2) is 0 Å². The molecule has 0 aliphatic carbocycles. The molecule has 1 aromatic carbocycles. The van der Waals surface area contributed by atoms with Crippen molar-refractivity contribution in [3.8, 4) is 0 Å². The van der Waals surface area contributed by atoms with Crippen LogP contribution in [0.1, 0.15) is 12.8 Å². The molecule has 0 saturated heterocycles. The molecule has 0 saturated carbocycles. The Balaban J connectivity index is 0.00000144. The molecular formula is C10H13N2NaO4. The van der Waals surface area contributed by atoms with Gasteiger partial charge in [0.1, 0.15) is 11.4 Å². The normalized spacial score (nSPS) is 14.5. The second kappa shape index (κ2) is 5.66. The molecule has 1 aromatic rings. The molecule has 0 radical (unpaired) electrons. The van der Waals surface area contributed by atoms with Crippen molar-refractivity contribution in [2.45, 2.75) is 12.8 Å². The zero-order chi connectivity index (χ0) is 11.7. The zero-order valence-corrected chi connectivity index (χ0v) is 8.65. The van der Waals surface area contributed by atoms with Crippen LogP contribution in [0, 0.1) is 0 Å². The Bertz CT molecular complexity index is 493. The van der Waals surface area contributed by atoms with Crippen molar-refractivity contribution in [3.63, 3.8) is 0 Å². The van der Waals surface area contributed by atoms with Gasteiger partial charge in [0.2, 0.25) is 0 Å². The first-order valence-corrected chi connectivity index (χ1v) is 5.15. The number of anilines is 2. The van der Waals surface area contributed by atoms with E-state index in [0.717, 1.165) is 6.42 Å². The Morgan fingerprint density at radius 3 is 2.71 bits per heavy atom. The summed E-state index contributed by atoms with van der Waals surface area (Å²) in [6, 6.07) is 0. The SMILES string of the molecule is O=C(O)CCN1CCCNc2c1c(=O)c2=O.[NaH]. The van der Waals surface area contributed by atoms with E-state index in [9.17, 15) is 14.4 Å². The third-order valence-electron chi connectivity index (χ3n) is 2.70. The molecule has 2 N–H and O–H groups in total. The molecule has 1 aliphatic heterocycles. The number of hydrogen-bond donors (Lipinski definition) is 2. The van der Waals surface area contributed by atoms with E-state index in [1.165, 1.54) is 0 Å². The number of fused-ring (bicyclic) bond motifs is 1. The molecule has 1 heterocycles. The van der Waals surface area contributed by atoms with Gasteiger partial charge in [-0.3, -0.25) is 14.4 Å². The van der Waals surface area contributed by atoms with E-state index in [1.807, 2.05) is 0 Å². The van der Waals surface area contributed by atoms with Crippen LogP contribution in [0.15, 0.2) is 9.59 Å². The summed E-state index contributed by atoms with van der Waals surface area (Å²) in [5.41, 5.74) is -0.274. The first kappa shape index (κ1) is 14.2. The van der Waals surface area contributed by atoms with E-state index >= 15 is 0 Å². The molecule has 17 heavy (non-hydrogen) atoms. The summed E-state index contributed by atoms with van der Waals surface area (Å²) in [6.07, 6.45) is 0.755. The van der Waals surface area contributed by atoms with E-state index in [-0.39, 0.29) is 42.5 Å². The van der Waals surface area contributed by atoms with Gasteiger partial charge in [-0.2, -0.15) is 0 Å². The van der Waals surface area contributed by atoms with Crippen LogP contribution >= 0.6 is 0 Å². The summed E-state index contributed by atoms with van der Waals surface area (Å²) < 4.78 is 0. The van der Waals surface area contributed by atoms with Gasteiger partial charge < -0.3 is 15.3 Å². The zero-order valence-electron chi connectivity index (χ0n) is 8.65. The monoisotopic (exact) mass is 248 g/mol. The molecule has 0 aromatic heterocycles.